The second-order valence-electron chi connectivity index (χ2n) is 8.04. The Morgan fingerprint density at radius 1 is 1.09 bits per heavy atom. The van der Waals surface area contributed by atoms with Crippen molar-refractivity contribution in [3.8, 4) is 0 Å². The van der Waals surface area contributed by atoms with E-state index in [1.54, 1.807) is 25.1 Å². The van der Waals surface area contributed by atoms with Gasteiger partial charge in [0.25, 0.3) is 0 Å². The van der Waals surface area contributed by atoms with Gasteiger partial charge in [-0.05, 0) is 74.6 Å². The standard InChI is InChI=1S/C23H28FN3O4S/c1-16-6-5-7-19(14-16)26-23(29)22(28)25-12-11-20-8-3-4-13-27(20)32(30,31)21-10-9-18(24)15-17(21)2/h5-7,9-10,14-15,20H,3-4,8,11-13H2,1-2H3,(H,25,28)(H,26,29)/t20-/m0/s1. The van der Waals surface area contributed by atoms with Crippen molar-refractivity contribution in [3.05, 3.63) is 59.4 Å². The summed E-state index contributed by atoms with van der Waals surface area (Å²) in [7, 11) is -3.80. The molecule has 1 aliphatic rings. The molecular formula is C23H28FN3O4S. The number of sulfonamides is 1. The topological polar surface area (TPSA) is 95.6 Å². The highest BCUT2D eigenvalue weighted by Gasteiger charge is 2.34. The van der Waals surface area contributed by atoms with Crippen molar-refractivity contribution in [2.75, 3.05) is 18.4 Å². The van der Waals surface area contributed by atoms with Gasteiger partial charge in [-0.1, -0.05) is 18.6 Å². The minimum atomic E-state index is -3.80. The van der Waals surface area contributed by atoms with Gasteiger partial charge in [-0.25, -0.2) is 12.8 Å². The van der Waals surface area contributed by atoms with Crippen LogP contribution in [0.2, 0.25) is 0 Å². The zero-order chi connectivity index (χ0) is 23.3. The number of carbonyl (C=O) groups excluding carboxylic acids is 2. The van der Waals surface area contributed by atoms with Gasteiger partial charge in [0.1, 0.15) is 5.82 Å². The molecule has 0 saturated carbocycles. The fourth-order valence-electron chi connectivity index (χ4n) is 3.95. The molecule has 7 nitrogen and oxygen atoms in total. The third-order valence-electron chi connectivity index (χ3n) is 5.54. The van der Waals surface area contributed by atoms with Gasteiger partial charge < -0.3 is 10.6 Å². The second-order valence-corrected chi connectivity index (χ2v) is 9.90. The van der Waals surface area contributed by atoms with Crippen LogP contribution in [0.15, 0.2) is 47.4 Å². The summed E-state index contributed by atoms with van der Waals surface area (Å²) in [6.07, 6.45) is 2.65. The van der Waals surface area contributed by atoms with Gasteiger partial charge in [0, 0.05) is 24.8 Å². The van der Waals surface area contributed by atoms with Crippen LogP contribution in [0.4, 0.5) is 10.1 Å². The third-order valence-corrected chi connectivity index (χ3v) is 7.65. The van der Waals surface area contributed by atoms with Gasteiger partial charge >= 0.3 is 11.8 Å². The smallest absolute Gasteiger partial charge is 0.313 e. The Hall–Kier alpha value is -2.78. The zero-order valence-electron chi connectivity index (χ0n) is 18.2. The van der Waals surface area contributed by atoms with E-state index < -0.39 is 27.7 Å². The number of anilines is 1. The van der Waals surface area contributed by atoms with Crippen LogP contribution in [0.5, 0.6) is 0 Å². The summed E-state index contributed by atoms with van der Waals surface area (Å²) in [5, 5.41) is 5.12. The van der Waals surface area contributed by atoms with Gasteiger partial charge in [0.2, 0.25) is 10.0 Å². The maximum absolute atomic E-state index is 13.4. The fourth-order valence-corrected chi connectivity index (χ4v) is 5.88. The van der Waals surface area contributed by atoms with E-state index in [0.717, 1.165) is 24.5 Å². The molecular weight excluding hydrogens is 433 g/mol. The first-order chi connectivity index (χ1) is 15.2. The van der Waals surface area contributed by atoms with E-state index in [1.165, 1.54) is 16.4 Å². The molecule has 0 radical (unpaired) electrons. The molecule has 2 amide bonds. The molecule has 32 heavy (non-hydrogen) atoms. The number of nitrogens with one attached hydrogen (secondary N) is 2. The lowest BCUT2D eigenvalue weighted by Crippen LogP contribution is -2.46. The molecule has 1 saturated heterocycles. The van der Waals surface area contributed by atoms with Crippen molar-refractivity contribution in [3.63, 3.8) is 0 Å². The Kier molecular flexibility index (Phi) is 7.63. The predicted octanol–water partition coefficient (Wildman–Crippen LogP) is 3.13. The van der Waals surface area contributed by atoms with E-state index in [1.807, 2.05) is 13.0 Å². The van der Waals surface area contributed by atoms with E-state index >= 15 is 0 Å². The summed E-state index contributed by atoms with van der Waals surface area (Å²) >= 11 is 0. The summed E-state index contributed by atoms with van der Waals surface area (Å²) in [6, 6.07) is 10.5. The minimum Gasteiger partial charge on any atom is -0.348 e. The molecule has 3 rings (SSSR count). The number of nitrogens with zero attached hydrogens (tertiary/aromatic N) is 1. The fraction of sp³-hybridized carbons (Fsp3) is 0.391. The summed E-state index contributed by atoms with van der Waals surface area (Å²) < 4.78 is 41.3. The lowest BCUT2D eigenvalue weighted by molar-refractivity contribution is -0.136. The van der Waals surface area contributed by atoms with Crippen molar-refractivity contribution >= 4 is 27.5 Å². The van der Waals surface area contributed by atoms with Gasteiger partial charge in [-0.2, -0.15) is 4.31 Å². The number of hydrogen-bond donors (Lipinski definition) is 2. The van der Waals surface area contributed by atoms with Crippen molar-refractivity contribution < 1.29 is 22.4 Å². The van der Waals surface area contributed by atoms with Gasteiger partial charge in [-0.15, -0.1) is 0 Å². The summed E-state index contributed by atoms with van der Waals surface area (Å²) in [4.78, 5) is 24.4. The summed E-state index contributed by atoms with van der Waals surface area (Å²) in [5.74, 6) is -2.03. The van der Waals surface area contributed by atoms with E-state index in [-0.39, 0.29) is 17.5 Å². The van der Waals surface area contributed by atoms with E-state index in [2.05, 4.69) is 10.6 Å². The van der Waals surface area contributed by atoms with Crippen LogP contribution in [0.3, 0.4) is 0 Å². The largest absolute Gasteiger partial charge is 0.348 e. The number of carbonyl (C=O) groups is 2. The van der Waals surface area contributed by atoms with Crippen LogP contribution in [0, 0.1) is 19.7 Å². The van der Waals surface area contributed by atoms with E-state index in [9.17, 15) is 22.4 Å². The van der Waals surface area contributed by atoms with Gasteiger partial charge in [0.05, 0.1) is 4.90 Å². The number of piperidine rings is 1. The molecule has 9 heteroatoms. The van der Waals surface area contributed by atoms with Crippen LogP contribution in [-0.4, -0.2) is 43.7 Å². The molecule has 2 N–H and O–H groups in total. The molecule has 1 atom stereocenters. The monoisotopic (exact) mass is 461 g/mol. The predicted molar refractivity (Wildman–Crippen MR) is 120 cm³/mol. The number of benzene rings is 2. The van der Waals surface area contributed by atoms with Gasteiger partial charge in [0.15, 0.2) is 0 Å². The Balaban J connectivity index is 1.60. The third kappa shape index (κ3) is 5.72. The molecule has 0 aliphatic carbocycles. The maximum atomic E-state index is 13.4. The quantitative estimate of drug-likeness (QED) is 0.646. The molecule has 0 bridgehead atoms. The van der Waals surface area contributed by atoms with Crippen molar-refractivity contribution in [1.29, 1.82) is 0 Å². The molecule has 0 aromatic heterocycles. The normalized spacial score (nSPS) is 17.0. The Bertz CT molecular complexity index is 1100. The number of hydrogen-bond acceptors (Lipinski definition) is 4. The second kappa shape index (κ2) is 10.2. The Morgan fingerprint density at radius 2 is 1.88 bits per heavy atom. The number of rotatable bonds is 6. The first-order valence-corrected chi connectivity index (χ1v) is 12.1. The molecule has 2 aromatic rings. The van der Waals surface area contributed by atoms with Crippen LogP contribution in [-0.2, 0) is 19.6 Å². The van der Waals surface area contributed by atoms with Crippen LogP contribution in [0.1, 0.15) is 36.8 Å². The molecule has 1 aliphatic heterocycles. The number of halogens is 1. The van der Waals surface area contributed by atoms with Gasteiger partial charge in [-0.3, -0.25) is 9.59 Å². The minimum absolute atomic E-state index is 0.0902. The van der Waals surface area contributed by atoms with Crippen molar-refractivity contribution in [2.24, 2.45) is 0 Å². The molecule has 2 aromatic carbocycles. The Morgan fingerprint density at radius 3 is 2.59 bits per heavy atom. The molecule has 1 heterocycles. The first kappa shape index (κ1) is 23.9. The van der Waals surface area contributed by atoms with Crippen LogP contribution < -0.4 is 10.6 Å². The number of aryl methyl sites for hydroxylation is 2. The molecule has 0 spiro atoms. The first-order valence-electron chi connectivity index (χ1n) is 10.6. The highest BCUT2D eigenvalue weighted by Crippen LogP contribution is 2.28. The maximum Gasteiger partial charge on any atom is 0.313 e. The van der Waals surface area contributed by atoms with Crippen LogP contribution >= 0.6 is 0 Å². The molecule has 172 valence electrons. The van der Waals surface area contributed by atoms with Crippen molar-refractivity contribution in [2.45, 2.75) is 50.5 Å². The lowest BCUT2D eigenvalue weighted by atomic mass is 10.0. The molecule has 1 fully saturated rings. The van der Waals surface area contributed by atoms with E-state index in [4.69, 9.17) is 0 Å². The highest BCUT2D eigenvalue weighted by atomic mass is 32.2. The number of amides is 2. The Labute approximate surface area is 188 Å². The average Bonchev–Trinajstić information content (AvgIpc) is 2.73. The highest BCUT2D eigenvalue weighted by molar-refractivity contribution is 7.89. The van der Waals surface area contributed by atoms with Crippen LogP contribution in [0.25, 0.3) is 0 Å². The summed E-state index contributed by atoms with van der Waals surface area (Å²) in [5.41, 5.74) is 1.85. The molecule has 0 unspecified atom stereocenters. The lowest BCUT2D eigenvalue weighted by Gasteiger charge is -2.35. The zero-order valence-corrected chi connectivity index (χ0v) is 19.0. The van der Waals surface area contributed by atoms with E-state index in [0.29, 0.717) is 30.6 Å². The summed E-state index contributed by atoms with van der Waals surface area (Å²) in [6.45, 7) is 3.99. The average molecular weight is 462 g/mol. The van der Waals surface area contributed by atoms with Crippen molar-refractivity contribution in [1.82, 2.24) is 9.62 Å². The SMILES string of the molecule is Cc1cccc(NC(=O)C(=O)NCC[C@@H]2CCCCN2S(=O)(=O)c2ccc(F)cc2C)c1.